The van der Waals surface area contributed by atoms with Crippen LogP contribution in [-0.4, -0.2) is 31.6 Å². The van der Waals surface area contributed by atoms with E-state index in [9.17, 15) is 9.59 Å². The number of nitrogens with one attached hydrogen (secondary N) is 1. The van der Waals surface area contributed by atoms with Crippen LogP contribution >= 0.6 is 11.8 Å². The fraction of sp³-hybridized carbons (Fsp3) is 0.360. The monoisotopic (exact) mass is 463 g/mol. The molecule has 0 bridgehead atoms. The van der Waals surface area contributed by atoms with Crippen molar-refractivity contribution in [3.63, 3.8) is 0 Å². The van der Waals surface area contributed by atoms with Crippen molar-refractivity contribution in [3.8, 4) is 0 Å². The van der Waals surface area contributed by atoms with Gasteiger partial charge < -0.3 is 5.32 Å². The van der Waals surface area contributed by atoms with Crippen molar-refractivity contribution in [2.45, 2.75) is 51.6 Å². The fourth-order valence-corrected chi connectivity index (χ4v) is 4.67. The Bertz CT molecular complexity index is 1370. The molecule has 0 spiro atoms. The lowest BCUT2D eigenvalue weighted by atomic mass is 10.1. The first kappa shape index (κ1) is 23.0. The molecule has 2 aromatic carbocycles. The minimum atomic E-state index is -0.154. The van der Waals surface area contributed by atoms with E-state index in [1.165, 1.54) is 11.1 Å². The standard InChI is InChI=1S/C25H29N5O2S/c1-5-11-29-23(32)20-10-9-19(22(31)26-14-16(2)3)13-21(20)30-24(29)27-28-25(30)33-15-18-8-6-7-17(4)12-18/h6-10,12-13,16H,5,11,14-15H2,1-4H3,(H,26,31). The van der Waals surface area contributed by atoms with E-state index in [1.54, 1.807) is 34.5 Å². The third kappa shape index (κ3) is 4.80. The molecule has 0 radical (unpaired) electrons. The van der Waals surface area contributed by atoms with Crippen molar-refractivity contribution in [2.75, 3.05) is 6.54 Å². The molecule has 2 aromatic heterocycles. The van der Waals surface area contributed by atoms with Crippen molar-refractivity contribution >= 4 is 34.3 Å². The second kappa shape index (κ2) is 9.79. The summed E-state index contributed by atoms with van der Waals surface area (Å²) in [6, 6.07) is 13.6. The SMILES string of the molecule is CCCn1c(=O)c2ccc(C(=O)NCC(C)C)cc2n2c(SCc3cccc(C)c3)nnc12. The van der Waals surface area contributed by atoms with E-state index in [0.717, 1.165) is 12.2 Å². The van der Waals surface area contributed by atoms with Gasteiger partial charge in [0.1, 0.15) is 0 Å². The summed E-state index contributed by atoms with van der Waals surface area (Å²) in [7, 11) is 0. The average molecular weight is 464 g/mol. The Morgan fingerprint density at radius 2 is 1.97 bits per heavy atom. The number of nitrogens with zero attached hydrogens (tertiary/aromatic N) is 4. The van der Waals surface area contributed by atoms with E-state index in [0.29, 0.717) is 46.4 Å². The third-order valence-electron chi connectivity index (χ3n) is 5.40. The van der Waals surface area contributed by atoms with Gasteiger partial charge in [-0.2, -0.15) is 0 Å². The maximum absolute atomic E-state index is 13.2. The molecule has 7 nitrogen and oxygen atoms in total. The fourth-order valence-electron chi connectivity index (χ4n) is 3.79. The first-order chi connectivity index (χ1) is 15.9. The van der Waals surface area contributed by atoms with E-state index >= 15 is 0 Å². The Balaban J connectivity index is 1.83. The number of benzene rings is 2. The lowest BCUT2D eigenvalue weighted by Gasteiger charge is -2.12. The largest absolute Gasteiger partial charge is 0.352 e. The highest BCUT2D eigenvalue weighted by Gasteiger charge is 2.18. The topological polar surface area (TPSA) is 81.3 Å². The molecule has 33 heavy (non-hydrogen) atoms. The zero-order chi connectivity index (χ0) is 23.5. The summed E-state index contributed by atoms with van der Waals surface area (Å²) >= 11 is 1.57. The normalized spacial score (nSPS) is 11.5. The molecule has 0 atom stereocenters. The van der Waals surface area contributed by atoms with Crippen molar-refractivity contribution in [1.29, 1.82) is 0 Å². The predicted octanol–water partition coefficient (Wildman–Crippen LogP) is 4.44. The number of thioether (sulfide) groups is 1. The van der Waals surface area contributed by atoms with Crippen LogP contribution in [0.4, 0.5) is 0 Å². The van der Waals surface area contributed by atoms with Crippen LogP contribution in [0.15, 0.2) is 52.4 Å². The third-order valence-corrected chi connectivity index (χ3v) is 6.40. The lowest BCUT2D eigenvalue weighted by Crippen LogP contribution is -2.28. The second-order valence-corrected chi connectivity index (χ2v) is 9.63. The Kier molecular flexibility index (Phi) is 6.83. The number of aromatic nitrogens is 4. The number of carbonyl (C=O) groups is 1. The number of amides is 1. The van der Waals surface area contributed by atoms with Gasteiger partial charge in [-0.3, -0.25) is 18.6 Å². The van der Waals surface area contributed by atoms with E-state index in [4.69, 9.17) is 0 Å². The van der Waals surface area contributed by atoms with Gasteiger partial charge in [0.25, 0.3) is 11.5 Å². The maximum atomic E-state index is 13.2. The summed E-state index contributed by atoms with van der Waals surface area (Å²) in [5.74, 6) is 1.43. The van der Waals surface area contributed by atoms with Crippen LogP contribution < -0.4 is 10.9 Å². The second-order valence-electron chi connectivity index (χ2n) is 8.69. The molecule has 0 aliphatic rings. The van der Waals surface area contributed by atoms with Gasteiger partial charge in [-0.25, -0.2) is 0 Å². The van der Waals surface area contributed by atoms with Gasteiger partial charge >= 0.3 is 0 Å². The zero-order valence-electron chi connectivity index (χ0n) is 19.5. The molecule has 0 unspecified atom stereocenters. The van der Waals surface area contributed by atoms with E-state index in [1.807, 2.05) is 17.4 Å². The molecule has 1 amide bonds. The number of hydrogen-bond acceptors (Lipinski definition) is 5. The predicted molar refractivity (Wildman–Crippen MR) is 133 cm³/mol. The highest BCUT2D eigenvalue weighted by atomic mass is 32.2. The van der Waals surface area contributed by atoms with Gasteiger partial charge in [0.15, 0.2) is 5.16 Å². The Morgan fingerprint density at radius 3 is 2.70 bits per heavy atom. The summed E-state index contributed by atoms with van der Waals surface area (Å²) in [5.41, 5.74) is 3.45. The van der Waals surface area contributed by atoms with Gasteiger partial charge in [-0.1, -0.05) is 62.4 Å². The quantitative estimate of drug-likeness (QED) is 0.391. The maximum Gasteiger partial charge on any atom is 0.262 e. The van der Waals surface area contributed by atoms with Crippen molar-refractivity contribution < 1.29 is 4.79 Å². The van der Waals surface area contributed by atoms with E-state index in [-0.39, 0.29) is 11.5 Å². The van der Waals surface area contributed by atoms with Crippen LogP contribution in [0.2, 0.25) is 0 Å². The molecular formula is C25H29N5O2S. The number of hydrogen-bond donors (Lipinski definition) is 1. The molecule has 172 valence electrons. The van der Waals surface area contributed by atoms with Crippen LogP contribution in [0.1, 0.15) is 48.7 Å². The number of fused-ring (bicyclic) bond motifs is 3. The highest BCUT2D eigenvalue weighted by molar-refractivity contribution is 7.98. The van der Waals surface area contributed by atoms with Crippen LogP contribution in [-0.2, 0) is 12.3 Å². The summed E-state index contributed by atoms with van der Waals surface area (Å²) in [6.45, 7) is 9.34. The molecule has 1 N–H and O–H groups in total. The number of aryl methyl sites for hydroxylation is 2. The van der Waals surface area contributed by atoms with Crippen molar-refractivity contribution in [2.24, 2.45) is 5.92 Å². The molecule has 2 heterocycles. The smallest absolute Gasteiger partial charge is 0.262 e. The van der Waals surface area contributed by atoms with Gasteiger partial charge in [-0.05, 0) is 43.0 Å². The Morgan fingerprint density at radius 1 is 1.15 bits per heavy atom. The van der Waals surface area contributed by atoms with Crippen LogP contribution in [0.25, 0.3) is 16.7 Å². The average Bonchev–Trinajstić information content (AvgIpc) is 3.22. The zero-order valence-corrected chi connectivity index (χ0v) is 20.3. The summed E-state index contributed by atoms with van der Waals surface area (Å²) < 4.78 is 3.58. The number of carbonyl (C=O) groups excluding carboxylic acids is 1. The van der Waals surface area contributed by atoms with Crippen molar-refractivity contribution in [3.05, 3.63) is 69.5 Å². The summed E-state index contributed by atoms with van der Waals surface area (Å²) in [6.07, 6.45) is 0.801. The van der Waals surface area contributed by atoms with Crippen LogP contribution in [0.3, 0.4) is 0 Å². The molecule has 0 aliphatic carbocycles. The molecule has 4 rings (SSSR count). The van der Waals surface area contributed by atoms with Gasteiger partial charge in [0, 0.05) is 24.4 Å². The molecule has 0 fully saturated rings. The summed E-state index contributed by atoms with van der Waals surface area (Å²) in [4.78, 5) is 25.9. The Hall–Kier alpha value is -3.13. The molecule has 4 aromatic rings. The van der Waals surface area contributed by atoms with Crippen molar-refractivity contribution in [1.82, 2.24) is 24.5 Å². The Labute approximate surface area is 197 Å². The first-order valence-electron chi connectivity index (χ1n) is 11.3. The van der Waals surface area contributed by atoms with Gasteiger partial charge in [0.2, 0.25) is 5.78 Å². The van der Waals surface area contributed by atoms with Gasteiger partial charge in [0.05, 0.1) is 10.9 Å². The van der Waals surface area contributed by atoms with Gasteiger partial charge in [-0.15, -0.1) is 10.2 Å². The minimum Gasteiger partial charge on any atom is -0.352 e. The lowest BCUT2D eigenvalue weighted by molar-refractivity contribution is 0.0949. The van der Waals surface area contributed by atoms with E-state index < -0.39 is 0 Å². The first-order valence-corrected chi connectivity index (χ1v) is 12.3. The van der Waals surface area contributed by atoms with Crippen LogP contribution in [0.5, 0.6) is 0 Å². The highest BCUT2D eigenvalue weighted by Crippen LogP contribution is 2.25. The summed E-state index contributed by atoms with van der Waals surface area (Å²) in [5, 5.41) is 13.0. The van der Waals surface area contributed by atoms with E-state index in [2.05, 4.69) is 54.5 Å². The minimum absolute atomic E-state index is 0.115. The van der Waals surface area contributed by atoms with Crippen LogP contribution in [0, 0.1) is 12.8 Å². The molecule has 8 heteroatoms. The molecule has 0 saturated heterocycles. The number of rotatable bonds is 8. The molecule has 0 aliphatic heterocycles. The molecular weight excluding hydrogens is 434 g/mol. The molecule has 0 saturated carbocycles.